The van der Waals surface area contributed by atoms with E-state index in [0.29, 0.717) is 11.6 Å². The Morgan fingerprint density at radius 3 is 2.14 bits per heavy atom. The summed E-state index contributed by atoms with van der Waals surface area (Å²) in [5.74, 6) is -0.0741. The zero-order valence-electron chi connectivity index (χ0n) is 12.4. The van der Waals surface area contributed by atoms with Crippen molar-refractivity contribution < 1.29 is 9.18 Å². The first-order chi connectivity index (χ1) is 10.1. The number of hydrogen-bond donors (Lipinski definition) is 1. The van der Waals surface area contributed by atoms with Crippen LogP contribution in [0.15, 0.2) is 48.5 Å². The second kappa shape index (κ2) is 7.02. The fourth-order valence-electron chi connectivity index (χ4n) is 1.75. The van der Waals surface area contributed by atoms with E-state index in [0.717, 1.165) is 18.4 Å². The molecular weight excluding hydrogens is 265 g/mol. The molecule has 3 rings (SSSR count). The highest BCUT2D eigenvalue weighted by molar-refractivity contribution is 5.94. The molecule has 2 aromatic carbocycles. The molecule has 0 atom stereocenters. The molecule has 2 aromatic rings. The van der Waals surface area contributed by atoms with Crippen LogP contribution in [0.4, 0.5) is 4.39 Å². The van der Waals surface area contributed by atoms with Crippen molar-refractivity contribution in [2.75, 3.05) is 0 Å². The molecule has 110 valence electrons. The van der Waals surface area contributed by atoms with Crippen molar-refractivity contribution in [3.63, 3.8) is 0 Å². The van der Waals surface area contributed by atoms with Crippen LogP contribution in [0.3, 0.4) is 0 Å². The molecule has 1 aliphatic carbocycles. The number of benzene rings is 2. The van der Waals surface area contributed by atoms with E-state index in [2.05, 4.69) is 5.32 Å². The van der Waals surface area contributed by atoms with Crippen LogP contribution in [-0.4, -0.2) is 11.9 Å². The van der Waals surface area contributed by atoms with Crippen molar-refractivity contribution in [3.8, 4) is 0 Å². The molecule has 0 heterocycles. The van der Waals surface area contributed by atoms with Crippen LogP contribution in [0.2, 0.25) is 0 Å². The lowest BCUT2D eigenvalue weighted by Crippen LogP contribution is -2.25. The highest BCUT2D eigenvalue weighted by Gasteiger charge is 2.23. The van der Waals surface area contributed by atoms with Gasteiger partial charge in [-0.05, 0) is 50.5 Å². The van der Waals surface area contributed by atoms with Gasteiger partial charge in [-0.2, -0.15) is 0 Å². The molecule has 1 saturated carbocycles. The van der Waals surface area contributed by atoms with Crippen LogP contribution < -0.4 is 5.32 Å². The van der Waals surface area contributed by atoms with Gasteiger partial charge in [0.05, 0.1) is 0 Å². The summed E-state index contributed by atoms with van der Waals surface area (Å²) in [6, 6.07) is 14.8. The van der Waals surface area contributed by atoms with Gasteiger partial charge in [-0.3, -0.25) is 4.79 Å². The highest BCUT2D eigenvalue weighted by atomic mass is 19.1. The van der Waals surface area contributed by atoms with Crippen LogP contribution in [0.25, 0.3) is 0 Å². The number of halogens is 1. The SMILES string of the molecule is Cc1ccc(C(=O)NC2CC2)cc1.Cc1ccccc1F. The third-order valence-electron chi connectivity index (χ3n) is 3.30. The van der Waals surface area contributed by atoms with E-state index >= 15 is 0 Å². The van der Waals surface area contributed by atoms with Crippen molar-refractivity contribution >= 4 is 5.91 Å². The first kappa shape index (κ1) is 15.2. The molecule has 0 radical (unpaired) electrons. The summed E-state index contributed by atoms with van der Waals surface area (Å²) in [6.07, 6.45) is 2.27. The number of carbonyl (C=O) groups is 1. The third-order valence-corrected chi connectivity index (χ3v) is 3.30. The normalized spacial score (nSPS) is 13.1. The smallest absolute Gasteiger partial charge is 0.251 e. The van der Waals surface area contributed by atoms with Gasteiger partial charge in [-0.1, -0.05) is 35.9 Å². The Hall–Kier alpha value is -2.16. The molecule has 0 bridgehead atoms. The Morgan fingerprint density at radius 1 is 1.05 bits per heavy atom. The second-order valence-corrected chi connectivity index (χ2v) is 5.36. The van der Waals surface area contributed by atoms with E-state index in [1.54, 1.807) is 19.1 Å². The zero-order chi connectivity index (χ0) is 15.2. The summed E-state index contributed by atoms with van der Waals surface area (Å²) >= 11 is 0. The fraction of sp³-hybridized carbons (Fsp3) is 0.278. The van der Waals surface area contributed by atoms with Gasteiger partial charge < -0.3 is 5.32 Å². The second-order valence-electron chi connectivity index (χ2n) is 5.36. The van der Waals surface area contributed by atoms with Gasteiger partial charge in [-0.25, -0.2) is 4.39 Å². The number of aryl methyl sites for hydroxylation is 2. The first-order valence-electron chi connectivity index (χ1n) is 7.15. The van der Waals surface area contributed by atoms with Crippen LogP contribution in [0, 0.1) is 19.7 Å². The summed E-state index contributed by atoms with van der Waals surface area (Å²) in [6.45, 7) is 3.76. The van der Waals surface area contributed by atoms with E-state index < -0.39 is 0 Å². The Kier molecular flexibility index (Phi) is 5.09. The number of hydrogen-bond acceptors (Lipinski definition) is 1. The molecule has 3 heteroatoms. The van der Waals surface area contributed by atoms with Crippen molar-refractivity contribution in [2.24, 2.45) is 0 Å². The van der Waals surface area contributed by atoms with Gasteiger partial charge in [0.15, 0.2) is 0 Å². The fourth-order valence-corrected chi connectivity index (χ4v) is 1.75. The Balaban J connectivity index is 0.000000173. The molecule has 0 aromatic heterocycles. The largest absolute Gasteiger partial charge is 0.349 e. The number of carbonyl (C=O) groups excluding carboxylic acids is 1. The molecule has 0 saturated heterocycles. The summed E-state index contributed by atoms with van der Waals surface area (Å²) in [5, 5.41) is 2.95. The van der Waals surface area contributed by atoms with Crippen molar-refractivity contribution in [2.45, 2.75) is 32.7 Å². The highest BCUT2D eigenvalue weighted by Crippen LogP contribution is 2.19. The van der Waals surface area contributed by atoms with Gasteiger partial charge in [0.2, 0.25) is 0 Å². The minimum atomic E-state index is -0.132. The van der Waals surface area contributed by atoms with E-state index in [9.17, 15) is 9.18 Å². The van der Waals surface area contributed by atoms with Crippen LogP contribution in [-0.2, 0) is 0 Å². The van der Waals surface area contributed by atoms with E-state index in [1.807, 2.05) is 37.3 Å². The molecule has 1 fully saturated rings. The van der Waals surface area contributed by atoms with Gasteiger partial charge in [0.25, 0.3) is 5.91 Å². The monoisotopic (exact) mass is 285 g/mol. The average Bonchev–Trinajstić information content (AvgIpc) is 3.27. The summed E-state index contributed by atoms with van der Waals surface area (Å²) in [7, 11) is 0. The molecule has 1 amide bonds. The van der Waals surface area contributed by atoms with Crippen LogP contribution in [0.5, 0.6) is 0 Å². The standard InChI is InChI=1S/C11H13NO.C7H7F/c1-8-2-4-9(5-3-8)11(13)12-10-6-7-10;1-6-4-2-3-5-7(6)8/h2-5,10H,6-7H2,1H3,(H,12,13);2-5H,1H3. The molecule has 2 nitrogen and oxygen atoms in total. The maximum atomic E-state index is 12.3. The first-order valence-corrected chi connectivity index (χ1v) is 7.15. The lowest BCUT2D eigenvalue weighted by molar-refractivity contribution is 0.0951. The Morgan fingerprint density at radius 2 is 1.67 bits per heavy atom. The molecule has 0 spiro atoms. The minimum Gasteiger partial charge on any atom is -0.349 e. The Bertz CT molecular complexity index is 582. The maximum Gasteiger partial charge on any atom is 0.251 e. The van der Waals surface area contributed by atoms with E-state index in [4.69, 9.17) is 0 Å². The average molecular weight is 285 g/mol. The number of nitrogens with one attached hydrogen (secondary N) is 1. The number of amides is 1. The van der Waals surface area contributed by atoms with Crippen molar-refractivity contribution in [3.05, 3.63) is 71.0 Å². The molecule has 1 N–H and O–H groups in total. The molecule has 0 unspecified atom stereocenters. The molecule has 0 aliphatic heterocycles. The minimum absolute atomic E-state index is 0.0579. The summed E-state index contributed by atoms with van der Waals surface area (Å²) in [4.78, 5) is 11.5. The topological polar surface area (TPSA) is 29.1 Å². The van der Waals surface area contributed by atoms with Crippen molar-refractivity contribution in [1.82, 2.24) is 5.32 Å². The molecule has 1 aliphatic rings. The van der Waals surface area contributed by atoms with E-state index in [1.165, 1.54) is 11.6 Å². The van der Waals surface area contributed by atoms with Gasteiger partial charge in [0, 0.05) is 11.6 Å². The zero-order valence-corrected chi connectivity index (χ0v) is 12.4. The quantitative estimate of drug-likeness (QED) is 0.887. The summed E-state index contributed by atoms with van der Waals surface area (Å²) in [5.41, 5.74) is 2.65. The van der Waals surface area contributed by atoms with E-state index in [-0.39, 0.29) is 11.7 Å². The van der Waals surface area contributed by atoms with Gasteiger partial charge >= 0.3 is 0 Å². The summed E-state index contributed by atoms with van der Waals surface area (Å²) < 4.78 is 12.3. The predicted molar refractivity (Wildman–Crippen MR) is 82.8 cm³/mol. The predicted octanol–water partition coefficient (Wildman–Crippen LogP) is 4.02. The van der Waals surface area contributed by atoms with Gasteiger partial charge in [0.1, 0.15) is 5.82 Å². The van der Waals surface area contributed by atoms with Crippen LogP contribution in [0.1, 0.15) is 34.3 Å². The Labute approximate surface area is 125 Å². The van der Waals surface area contributed by atoms with Crippen LogP contribution >= 0.6 is 0 Å². The van der Waals surface area contributed by atoms with Crippen molar-refractivity contribution in [1.29, 1.82) is 0 Å². The number of rotatable bonds is 2. The third kappa shape index (κ3) is 5.03. The molecule has 21 heavy (non-hydrogen) atoms. The van der Waals surface area contributed by atoms with Gasteiger partial charge in [-0.15, -0.1) is 0 Å². The molecular formula is C18H20FNO. The lowest BCUT2D eigenvalue weighted by atomic mass is 10.1. The lowest BCUT2D eigenvalue weighted by Gasteiger charge is -2.02. The maximum absolute atomic E-state index is 12.3.